The quantitative estimate of drug-likeness (QED) is 0.760. The molecule has 2 aromatic rings. The molecule has 0 fully saturated rings. The van der Waals surface area contributed by atoms with Gasteiger partial charge >= 0.3 is 0 Å². The van der Waals surface area contributed by atoms with E-state index in [0.717, 1.165) is 32.6 Å². The van der Waals surface area contributed by atoms with Gasteiger partial charge in [-0.2, -0.15) is 0 Å². The molecule has 0 spiro atoms. The summed E-state index contributed by atoms with van der Waals surface area (Å²) in [6, 6.07) is 12.6. The van der Waals surface area contributed by atoms with Crippen LogP contribution in [-0.4, -0.2) is 35.3 Å². The molecule has 0 radical (unpaired) electrons. The minimum atomic E-state index is 0.206. The number of fused-ring (bicyclic) bond motifs is 1. The third-order valence-corrected chi connectivity index (χ3v) is 5.05. The van der Waals surface area contributed by atoms with Gasteiger partial charge in [-0.15, -0.1) is 17.9 Å². The highest BCUT2D eigenvalue weighted by Crippen LogP contribution is 2.19. The fourth-order valence-corrected chi connectivity index (χ4v) is 3.74. The number of benzene rings is 1. The molecule has 1 aromatic carbocycles. The maximum Gasteiger partial charge on any atom is 0.237 e. The van der Waals surface area contributed by atoms with Crippen molar-refractivity contribution < 1.29 is 4.79 Å². The Hall–Kier alpha value is -1.91. The highest BCUT2D eigenvalue weighted by molar-refractivity contribution is 7.09. The maximum absolute atomic E-state index is 12.7. The Morgan fingerprint density at radius 1 is 1.26 bits per heavy atom. The Balaban J connectivity index is 1.62. The molecule has 1 aliphatic heterocycles. The second kappa shape index (κ2) is 7.57. The molecule has 0 atom stereocenters. The molecule has 3 nitrogen and oxygen atoms in total. The predicted molar refractivity (Wildman–Crippen MR) is 95.4 cm³/mol. The fourth-order valence-electron chi connectivity index (χ4n) is 2.99. The number of hydrogen-bond acceptors (Lipinski definition) is 3. The Bertz CT molecular complexity index is 666. The summed E-state index contributed by atoms with van der Waals surface area (Å²) >= 11 is 1.73. The van der Waals surface area contributed by atoms with Gasteiger partial charge in [-0.05, 0) is 29.0 Å². The van der Waals surface area contributed by atoms with Gasteiger partial charge < -0.3 is 4.90 Å². The zero-order chi connectivity index (χ0) is 16.1. The van der Waals surface area contributed by atoms with Crippen LogP contribution in [0.5, 0.6) is 0 Å². The number of rotatable bonds is 6. The molecule has 0 N–H and O–H groups in total. The molecule has 23 heavy (non-hydrogen) atoms. The average molecular weight is 326 g/mol. The van der Waals surface area contributed by atoms with Crippen molar-refractivity contribution in [2.24, 2.45) is 0 Å². The summed E-state index contributed by atoms with van der Waals surface area (Å²) in [6.07, 6.45) is 2.82. The molecule has 3 rings (SSSR count). The molecule has 0 saturated heterocycles. The second-order valence-corrected chi connectivity index (χ2v) is 6.90. The number of nitrogens with zero attached hydrogens (tertiary/aromatic N) is 2. The lowest BCUT2D eigenvalue weighted by Crippen LogP contribution is -2.42. The highest BCUT2D eigenvalue weighted by Gasteiger charge is 2.22. The van der Waals surface area contributed by atoms with Gasteiger partial charge in [-0.3, -0.25) is 9.69 Å². The van der Waals surface area contributed by atoms with Crippen molar-refractivity contribution in [3.8, 4) is 0 Å². The van der Waals surface area contributed by atoms with Crippen LogP contribution < -0.4 is 0 Å². The molecule has 4 heteroatoms. The fraction of sp³-hybridized carbons (Fsp3) is 0.316. The van der Waals surface area contributed by atoms with Crippen LogP contribution in [0.15, 0.2) is 54.4 Å². The molecular weight excluding hydrogens is 304 g/mol. The monoisotopic (exact) mass is 326 g/mol. The van der Waals surface area contributed by atoms with E-state index in [9.17, 15) is 4.79 Å². The number of amides is 1. The molecule has 1 amide bonds. The van der Waals surface area contributed by atoms with Crippen molar-refractivity contribution in [2.75, 3.05) is 19.6 Å². The van der Waals surface area contributed by atoms with Crippen LogP contribution in [-0.2, 0) is 24.3 Å². The van der Waals surface area contributed by atoms with Crippen LogP contribution in [0.1, 0.15) is 16.0 Å². The van der Waals surface area contributed by atoms with Crippen LogP contribution >= 0.6 is 11.3 Å². The van der Waals surface area contributed by atoms with Crippen LogP contribution in [0.2, 0.25) is 0 Å². The molecule has 0 unspecified atom stereocenters. The molecule has 120 valence electrons. The van der Waals surface area contributed by atoms with Gasteiger partial charge in [-0.25, -0.2) is 0 Å². The zero-order valence-corrected chi connectivity index (χ0v) is 14.1. The maximum atomic E-state index is 12.7. The molecule has 1 aromatic heterocycles. The summed E-state index contributed by atoms with van der Waals surface area (Å²) in [4.78, 5) is 18.1. The molecule has 1 aliphatic rings. The summed E-state index contributed by atoms with van der Waals surface area (Å²) in [7, 11) is 0. The standard InChI is InChI=1S/C19H22N2OS/c1-2-10-20(14-18-8-5-12-23-18)15-19(22)21-11-9-16-6-3-4-7-17(16)13-21/h2-8,12H,1,9-11,13-15H2. The third-order valence-electron chi connectivity index (χ3n) is 4.19. The minimum absolute atomic E-state index is 0.206. The van der Waals surface area contributed by atoms with E-state index in [-0.39, 0.29) is 5.91 Å². The average Bonchev–Trinajstić information content (AvgIpc) is 3.07. The van der Waals surface area contributed by atoms with Crippen molar-refractivity contribution in [1.29, 1.82) is 0 Å². The molecule has 2 heterocycles. The lowest BCUT2D eigenvalue weighted by atomic mass is 10.00. The first-order valence-corrected chi connectivity index (χ1v) is 8.84. The normalized spacial score (nSPS) is 13.9. The van der Waals surface area contributed by atoms with E-state index in [1.165, 1.54) is 16.0 Å². The smallest absolute Gasteiger partial charge is 0.237 e. The van der Waals surface area contributed by atoms with Crippen LogP contribution in [0.3, 0.4) is 0 Å². The SMILES string of the molecule is C=CCN(CC(=O)N1CCc2ccccc2C1)Cc1cccs1. The van der Waals surface area contributed by atoms with Crippen molar-refractivity contribution >= 4 is 17.2 Å². The molecule has 0 bridgehead atoms. The number of carbonyl (C=O) groups excluding carboxylic acids is 1. The van der Waals surface area contributed by atoms with Crippen molar-refractivity contribution in [3.05, 3.63) is 70.4 Å². The van der Waals surface area contributed by atoms with Crippen LogP contribution in [0.4, 0.5) is 0 Å². The Labute approximate surface area is 141 Å². The lowest BCUT2D eigenvalue weighted by Gasteiger charge is -2.31. The highest BCUT2D eigenvalue weighted by atomic mass is 32.1. The second-order valence-electron chi connectivity index (χ2n) is 5.87. The van der Waals surface area contributed by atoms with Crippen molar-refractivity contribution in [2.45, 2.75) is 19.5 Å². The van der Waals surface area contributed by atoms with Crippen LogP contribution in [0.25, 0.3) is 0 Å². The van der Waals surface area contributed by atoms with E-state index < -0.39 is 0 Å². The third kappa shape index (κ3) is 4.09. The number of thiophene rings is 1. The first-order chi connectivity index (χ1) is 11.3. The van der Waals surface area contributed by atoms with E-state index >= 15 is 0 Å². The van der Waals surface area contributed by atoms with Gasteiger partial charge in [0.05, 0.1) is 6.54 Å². The van der Waals surface area contributed by atoms with E-state index in [1.54, 1.807) is 11.3 Å². The summed E-state index contributed by atoms with van der Waals surface area (Å²) in [5, 5.41) is 2.07. The lowest BCUT2D eigenvalue weighted by molar-refractivity contribution is -0.133. The number of carbonyl (C=O) groups is 1. The van der Waals surface area contributed by atoms with Crippen LogP contribution in [0, 0.1) is 0 Å². The van der Waals surface area contributed by atoms with Gasteiger partial charge in [0.2, 0.25) is 5.91 Å². The Kier molecular flexibility index (Phi) is 5.26. The molecule has 0 aliphatic carbocycles. The predicted octanol–water partition coefficient (Wildman–Crippen LogP) is 3.32. The zero-order valence-electron chi connectivity index (χ0n) is 13.3. The summed E-state index contributed by atoms with van der Waals surface area (Å²) in [6.45, 7) is 7.35. The molecule has 0 saturated carbocycles. The van der Waals surface area contributed by atoms with E-state index in [2.05, 4.69) is 47.2 Å². The van der Waals surface area contributed by atoms with E-state index in [4.69, 9.17) is 0 Å². The van der Waals surface area contributed by atoms with Gasteiger partial charge in [0, 0.05) is 31.1 Å². The van der Waals surface area contributed by atoms with Gasteiger partial charge in [0.25, 0.3) is 0 Å². The number of hydrogen-bond donors (Lipinski definition) is 0. The summed E-state index contributed by atoms with van der Waals surface area (Å²) < 4.78 is 0. The first-order valence-electron chi connectivity index (χ1n) is 7.96. The Morgan fingerprint density at radius 3 is 2.83 bits per heavy atom. The largest absolute Gasteiger partial charge is 0.337 e. The van der Waals surface area contributed by atoms with Gasteiger partial charge in [0.1, 0.15) is 0 Å². The molecular formula is C19H22N2OS. The topological polar surface area (TPSA) is 23.6 Å². The van der Waals surface area contributed by atoms with E-state index in [1.807, 2.05) is 17.0 Å². The van der Waals surface area contributed by atoms with E-state index in [0.29, 0.717) is 6.54 Å². The van der Waals surface area contributed by atoms with Gasteiger partial charge in [-0.1, -0.05) is 36.4 Å². The first kappa shape index (κ1) is 16.0. The van der Waals surface area contributed by atoms with Gasteiger partial charge in [0.15, 0.2) is 0 Å². The minimum Gasteiger partial charge on any atom is -0.337 e. The summed E-state index contributed by atoms with van der Waals surface area (Å²) in [5.41, 5.74) is 2.65. The van der Waals surface area contributed by atoms with Crippen molar-refractivity contribution in [3.63, 3.8) is 0 Å². The Morgan fingerprint density at radius 2 is 2.09 bits per heavy atom. The van der Waals surface area contributed by atoms with Crippen molar-refractivity contribution in [1.82, 2.24) is 9.80 Å². The summed E-state index contributed by atoms with van der Waals surface area (Å²) in [5.74, 6) is 0.206.